The number of carbonyl (C=O) groups is 1. The van der Waals surface area contributed by atoms with Crippen LogP contribution in [0.3, 0.4) is 0 Å². The van der Waals surface area contributed by atoms with Crippen molar-refractivity contribution < 1.29 is 9.53 Å². The minimum absolute atomic E-state index is 0.0389. The van der Waals surface area contributed by atoms with Crippen molar-refractivity contribution in [1.29, 1.82) is 0 Å². The van der Waals surface area contributed by atoms with Gasteiger partial charge in [0.1, 0.15) is 0 Å². The van der Waals surface area contributed by atoms with Gasteiger partial charge in [0.15, 0.2) is 0 Å². The molecule has 2 N–H and O–H groups in total. The minimum Gasteiger partial charge on any atom is -0.381 e. The Morgan fingerprint density at radius 3 is 2.47 bits per heavy atom. The molecule has 0 aliphatic carbocycles. The molecule has 19 heavy (non-hydrogen) atoms. The number of rotatable bonds is 4. The molecular weight excluding hydrogens is 287 g/mol. The predicted octanol–water partition coefficient (Wildman–Crippen LogP) is 2.70. The summed E-state index contributed by atoms with van der Waals surface area (Å²) in [6.07, 6.45) is 1.74. The van der Waals surface area contributed by atoms with E-state index in [9.17, 15) is 4.79 Å². The molecule has 1 aromatic carbocycles. The Morgan fingerprint density at radius 2 is 1.84 bits per heavy atom. The van der Waals surface area contributed by atoms with Crippen molar-refractivity contribution in [3.05, 3.63) is 28.2 Å². The lowest BCUT2D eigenvalue weighted by Crippen LogP contribution is -2.41. The average Bonchev–Trinajstić information content (AvgIpc) is 2.36. The van der Waals surface area contributed by atoms with E-state index in [1.165, 1.54) is 0 Å². The van der Waals surface area contributed by atoms with E-state index in [1.54, 1.807) is 18.2 Å². The van der Waals surface area contributed by atoms with Crippen molar-refractivity contribution in [3.63, 3.8) is 0 Å². The largest absolute Gasteiger partial charge is 0.381 e. The molecule has 1 fully saturated rings. The summed E-state index contributed by atoms with van der Waals surface area (Å²) in [7, 11) is 0. The normalized spacial score (nSPS) is 16.1. The molecule has 0 aromatic heterocycles. The Bertz CT molecular complexity index is 428. The summed E-state index contributed by atoms with van der Waals surface area (Å²) in [4.78, 5) is 11.8. The molecule has 1 saturated heterocycles. The van der Waals surface area contributed by atoms with Crippen LogP contribution in [0.5, 0.6) is 0 Å². The highest BCUT2D eigenvalue weighted by molar-refractivity contribution is 6.35. The number of hydrogen-bond acceptors (Lipinski definition) is 3. The second kappa shape index (κ2) is 6.98. The Hall–Kier alpha value is -0.970. The fourth-order valence-electron chi connectivity index (χ4n) is 1.96. The number of halogens is 2. The standard InChI is InChI=1S/C13H16Cl2N2O2/c14-9-5-10(15)7-12(6-9)16-8-13(18)17-11-1-3-19-4-2-11/h5-7,11,16H,1-4,8H2,(H,17,18). The first-order valence-corrected chi connectivity index (χ1v) is 6.96. The van der Waals surface area contributed by atoms with Crippen LogP contribution in [0.4, 0.5) is 5.69 Å². The molecule has 1 aliphatic heterocycles. The summed E-state index contributed by atoms with van der Waals surface area (Å²) in [5.74, 6) is -0.0389. The third-order valence-corrected chi connectivity index (χ3v) is 3.34. The number of carbonyl (C=O) groups excluding carboxylic acids is 1. The fraction of sp³-hybridized carbons (Fsp3) is 0.462. The van der Waals surface area contributed by atoms with Crippen molar-refractivity contribution in [2.45, 2.75) is 18.9 Å². The first kappa shape index (κ1) is 14.4. The van der Waals surface area contributed by atoms with Gasteiger partial charge in [0.2, 0.25) is 5.91 Å². The molecule has 1 amide bonds. The highest BCUT2D eigenvalue weighted by atomic mass is 35.5. The van der Waals surface area contributed by atoms with Crippen LogP contribution in [-0.4, -0.2) is 31.7 Å². The van der Waals surface area contributed by atoms with Gasteiger partial charge in [-0.2, -0.15) is 0 Å². The van der Waals surface area contributed by atoms with Gasteiger partial charge in [0.05, 0.1) is 6.54 Å². The number of hydrogen-bond donors (Lipinski definition) is 2. The molecule has 0 radical (unpaired) electrons. The second-order valence-corrected chi connectivity index (χ2v) is 5.34. The van der Waals surface area contributed by atoms with E-state index in [2.05, 4.69) is 10.6 Å². The maximum atomic E-state index is 11.8. The third kappa shape index (κ3) is 4.90. The fourth-order valence-corrected chi connectivity index (χ4v) is 2.48. The van der Waals surface area contributed by atoms with Gasteiger partial charge in [0, 0.05) is 35.0 Å². The van der Waals surface area contributed by atoms with Crippen molar-refractivity contribution in [2.24, 2.45) is 0 Å². The molecule has 1 aromatic rings. The maximum absolute atomic E-state index is 11.8. The van der Waals surface area contributed by atoms with Crippen molar-refractivity contribution in [3.8, 4) is 0 Å². The number of benzene rings is 1. The molecule has 0 unspecified atom stereocenters. The van der Waals surface area contributed by atoms with E-state index in [1.807, 2.05) is 0 Å². The smallest absolute Gasteiger partial charge is 0.239 e. The van der Waals surface area contributed by atoms with Crippen molar-refractivity contribution >= 4 is 34.8 Å². The van der Waals surface area contributed by atoms with E-state index in [0.717, 1.165) is 18.5 Å². The molecule has 1 aliphatic rings. The molecule has 1 heterocycles. The topological polar surface area (TPSA) is 50.4 Å². The zero-order valence-corrected chi connectivity index (χ0v) is 11.9. The highest BCUT2D eigenvalue weighted by Gasteiger charge is 2.15. The van der Waals surface area contributed by atoms with E-state index in [-0.39, 0.29) is 18.5 Å². The third-order valence-electron chi connectivity index (χ3n) is 2.90. The van der Waals surface area contributed by atoms with Gasteiger partial charge >= 0.3 is 0 Å². The van der Waals surface area contributed by atoms with Gasteiger partial charge in [-0.15, -0.1) is 0 Å². The first-order valence-electron chi connectivity index (χ1n) is 6.20. The molecule has 104 valence electrons. The number of amides is 1. The van der Waals surface area contributed by atoms with E-state index in [0.29, 0.717) is 23.3 Å². The summed E-state index contributed by atoms with van der Waals surface area (Å²) in [6.45, 7) is 1.62. The minimum atomic E-state index is -0.0389. The Labute approximate surface area is 122 Å². The predicted molar refractivity (Wildman–Crippen MR) is 76.9 cm³/mol. The van der Waals surface area contributed by atoms with Gasteiger partial charge in [-0.25, -0.2) is 0 Å². The average molecular weight is 303 g/mol. The van der Waals surface area contributed by atoms with Crippen LogP contribution in [0, 0.1) is 0 Å². The number of ether oxygens (including phenoxy) is 1. The molecule has 0 saturated carbocycles. The highest BCUT2D eigenvalue weighted by Crippen LogP contribution is 2.22. The Morgan fingerprint density at radius 1 is 1.21 bits per heavy atom. The monoisotopic (exact) mass is 302 g/mol. The summed E-state index contributed by atoms with van der Waals surface area (Å²) in [5, 5.41) is 7.06. The SMILES string of the molecule is O=C(CNc1cc(Cl)cc(Cl)c1)NC1CCOCC1. The lowest BCUT2D eigenvalue weighted by molar-refractivity contribution is -0.120. The van der Waals surface area contributed by atoms with Crippen LogP contribution >= 0.6 is 23.2 Å². The maximum Gasteiger partial charge on any atom is 0.239 e. The molecule has 2 rings (SSSR count). The van der Waals surface area contributed by atoms with Gasteiger partial charge in [-0.3, -0.25) is 4.79 Å². The summed E-state index contributed by atoms with van der Waals surface area (Å²) >= 11 is 11.8. The molecule has 6 heteroatoms. The van der Waals surface area contributed by atoms with Crippen LogP contribution in [0.25, 0.3) is 0 Å². The van der Waals surface area contributed by atoms with E-state index in [4.69, 9.17) is 27.9 Å². The Balaban J connectivity index is 1.79. The summed E-state index contributed by atoms with van der Waals surface area (Å²) in [5.41, 5.74) is 0.736. The van der Waals surface area contributed by atoms with Gasteiger partial charge in [-0.1, -0.05) is 23.2 Å². The van der Waals surface area contributed by atoms with Crippen molar-refractivity contribution in [2.75, 3.05) is 25.1 Å². The second-order valence-electron chi connectivity index (χ2n) is 4.47. The van der Waals surface area contributed by atoms with Gasteiger partial charge in [-0.05, 0) is 31.0 Å². The number of anilines is 1. The van der Waals surface area contributed by atoms with Crippen LogP contribution in [-0.2, 0) is 9.53 Å². The zero-order valence-electron chi connectivity index (χ0n) is 10.4. The molecular formula is C13H16Cl2N2O2. The van der Waals surface area contributed by atoms with Crippen LogP contribution < -0.4 is 10.6 Å². The number of nitrogens with one attached hydrogen (secondary N) is 2. The molecule has 4 nitrogen and oxygen atoms in total. The van der Waals surface area contributed by atoms with Gasteiger partial charge in [0.25, 0.3) is 0 Å². The van der Waals surface area contributed by atoms with Crippen LogP contribution in [0.1, 0.15) is 12.8 Å². The van der Waals surface area contributed by atoms with E-state index < -0.39 is 0 Å². The van der Waals surface area contributed by atoms with Crippen LogP contribution in [0.15, 0.2) is 18.2 Å². The molecule has 0 atom stereocenters. The molecule has 0 bridgehead atoms. The molecule has 0 spiro atoms. The lowest BCUT2D eigenvalue weighted by atomic mass is 10.1. The lowest BCUT2D eigenvalue weighted by Gasteiger charge is -2.23. The van der Waals surface area contributed by atoms with Crippen molar-refractivity contribution in [1.82, 2.24) is 5.32 Å². The van der Waals surface area contributed by atoms with Crippen LogP contribution in [0.2, 0.25) is 10.0 Å². The van der Waals surface area contributed by atoms with Gasteiger partial charge < -0.3 is 15.4 Å². The zero-order chi connectivity index (χ0) is 13.7. The summed E-state index contributed by atoms with van der Waals surface area (Å²) in [6, 6.07) is 5.33. The first-order chi connectivity index (χ1) is 9.13. The summed E-state index contributed by atoms with van der Waals surface area (Å²) < 4.78 is 5.24. The van der Waals surface area contributed by atoms with E-state index >= 15 is 0 Å². The Kier molecular flexibility index (Phi) is 5.31. The quantitative estimate of drug-likeness (QED) is 0.899.